The van der Waals surface area contributed by atoms with Crippen LogP contribution in [0.15, 0.2) is 18.2 Å². The third-order valence-electron chi connectivity index (χ3n) is 9.39. The first-order valence-electron chi connectivity index (χ1n) is 15.2. The van der Waals surface area contributed by atoms with Crippen molar-refractivity contribution in [3.8, 4) is 0 Å². The number of likely N-dealkylation sites (tertiary alicyclic amines) is 1. The highest BCUT2D eigenvalue weighted by molar-refractivity contribution is 6.42. The van der Waals surface area contributed by atoms with Crippen molar-refractivity contribution in [3.05, 3.63) is 33.8 Å². The summed E-state index contributed by atoms with van der Waals surface area (Å²) in [5, 5.41) is 0.871. The van der Waals surface area contributed by atoms with E-state index in [0.29, 0.717) is 42.5 Å². The number of likely N-dealkylation sites (N-methyl/N-ethyl adjacent to an activating group) is 1. The fourth-order valence-electron chi connectivity index (χ4n) is 6.02. The second kappa shape index (κ2) is 13.8. The number of carbonyl (C=O) groups excluding carboxylic acids is 3. The Morgan fingerprint density at radius 2 is 1.65 bits per heavy atom. The molecule has 0 radical (unpaired) electrons. The molecule has 2 aliphatic carbocycles. The van der Waals surface area contributed by atoms with Gasteiger partial charge in [-0.15, -0.1) is 0 Å². The zero-order chi connectivity index (χ0) is 31.5. The van der Waals surface area contributed by atoms with E-state index in [-0.39, 0.29) is 67.8 Å². The Labute approximate surface area is 262 Å². The molecule has 0 unspecified atom stereocenters. The number of ether oxygens (including phenoxy) is 1. The lowest BCUT2D eigenvalue weighted by atomic mass is 9.87. The van der Waals surface area contributed by atoms with Gasteiger partial charge in [-0.25, -0.2) is 4.79 Å². The van der Waals surface area contributed by atoms with E-state index < -0.39 is 24.3 Å². The summed E-state index contributed by atoms with van der Waals surface area (Å²) >= 11 is 12.3. The average molecular weight is 649 g/mol. The van der Waals surface area contributed by atoms with Crippen molar-refractivity contribution in [2.75, 3.05) is 39.8 Å². The number of benzene rings is 1. The number of nitrogens with zero attached hydrogens (tertiary/aromatic N) is 3. The average Bonchev–Trinajstić information content (AvgIpc) is 3.73. The van der Waals surface area contributed by atoms with Crippen LogP contribution in [0.4, 0.5) is 18.0 Å². The van der Waals surface area contributed by atoms with Gasteiger partial charge in [0.1, 0.15) is 6.10 Å². The first-order valence-corrected chi connectivity index (χ1v) is 15.9. The molecule has 0 aromatic heterocycles. The molecule has 240 valence electrons. The van der Waals surface area contributed by atoms with Gasteiger partial charge in [0.15, 0.2) is 0 Å². The fraction of sp³-hybridized carbons (Fsp3) is 0.710. The zero-order valence-electron chi connectivity index (χ0n) is 25.1. The molecule has 0 N–H and O–H groups in total. The molecule has 1 aromatic rings. The van der Waals surface area contributed by atoms with Gasteiger partial charge < -0.3 is 19.4 Å². The minimum atomic E-state index is -4.22. The maximum absolute atomic E-state index is 13.8. The van der Waals surface area contributed by atoms with Gasteiger partial charge in [-0.1, -0.05) is 43.1 Å². The number of alkyl halides is 3. The van der Waals surface area contributed by atoms with Gasteiger partial charge in [-0.05, 0) is 75.0 Å². The third kappa shape index (κ3) is 8.71. The van der Waals surface area contributed by atoms with Crippen molar-refractivity contribution in [3.63, 3.8) is 0 Å². The number of hydrogen-bond acceptors (Lipinski definition) is 4. The van der Waals surface area contributed by atoms with Gasteiger partial charge in [-0.3, -0.25) is 9.59 Å². The van der Waals surface area contributed by atoms with E-state index in [1.54, 1.807) is 24.1 Å². The second-order valence-corrected chi connectivity index (χ2v) is 13.6. The van der Waals surface area contributed by atoms with Crippen LogP contribution in [0.3, 0.4) is 0 Å². The molecule has 1 aromatic carbocycles. The molecule has 3 aliphatic rings. The summed E-state index contributed by atoms with van der Waals surface area (Å²) in [7, 11) is 1.57. The lowest BCUT2D eigenvalue weighted by Crippen LogP contribution is -2.48. The van der Waals surface area contributed by atoms with E-state index in [0.717, 1.165) is 18.4 Å². The van der Waals surface area contributed by atoms with Crippen LogP contribution < -0.4 is 0 Å². The molecule has 3 fully saturated rings. The summed E-state index contributed by atoms with van der Waals surface area (Å²) < 4.78 is 44.5. The van der Waals surface area contributed by atoms with Gasteiger partial charge in [-0.2, -0.15) is 13.2 Å². The summed E-state index contributed by atoms with van der Waals surface area (Å²) in [4.78, 5) is 44.4. The summed E-state index contributed by atoms with van der Waals surface area (Å²) in [6.07, 6.45) is -2.15. The van der Waals surface area contributed by atoms with Crippen molar-refractivity contribution < 1.29 is 32.3 Å². The smallest absolute Gasteiger partial charge is 0.409 e. The quantitative estimate of drug-likeness (QED) is 0.285. The highest BCUT2D eigenvalue weighted by Gasteiger charge is 2.48. The summed E-state index contributed by atoms with van der Waals surface area (Å²) in [6.45, 7) is 5.92. The molecule has 43 heavy (non-hydrogen) atoms. The maximum atomic E-state index is 13.8. The van der Waals surface area contributed by atoms with Crippen molar-refractivity contribution in [1.29, 1.82) is 0 Å². The summed E-state index contributed by atoms with van der Waals surface area (Å²) in [5.41, 5.74) is 0.683. The van der Waals surface area contributed by atoms with Crippen molar-refractivity contribution >= 4 is 41.1 Å². The Morgan fingerprint density at radius 3 is 2.21 bits per heavy atom. The molecule has 2 saturated carbocycles. The molecule has 3 amide bonds. The van der Waals surface area contributed by atoms with E-state index in [1.165, 1.54) is 4.90 Å². The van der Waals surface area contributed by atoms with Gasteiger partial charge >= 0.3 is 12.3 Å². The first kappa shape index (κ1) is 33.7. The zero-order valence-corrected chi connectivity index (χ0v) is 26.6. The summed E-state index contributed by atoms with van der Waals surface area (Å²) in [5.74, 6) is -1.51. The van der Waals surface area contributed by atoms with Crippen LogP contribution in [0.1, 0.15) is 76.7 Å². The van der Waals surface area contributed by atoms with Crippen LogP contribution in [0.2, 0.25) is 10.0 Å². The van der Waals surface area contributed by atoms with Gasteiger partial charge in [0.05, 0.1) is 16.0 Å². The van der Waals surface area contributed by atoms with Crippen LogP contribution in [0.25, 0.3) is 0 Å². The van der Waals surface area contributed by atoms with E-state index >= 15 is 0 Å². The number of hydrogen-bond donors (Lipinski definition) is 0. The van der Waals surface area contributed by atoms with E-state index in [4.69, 9.17) is 27.9 Å². The Morgan fingerprint density at radius 1 is 1.02 bits per heavy atom. The molecule has 0 bridgehead atoms. The fourth-order valence-corrected chi connectivity index (χ4v) is 6.33. The monoisotopic (exact) mass is 647 g/mol. The predicted molar refractivity (Wildman–Crippen MR) is 159 cm³/mol. The van der Waals surface area contributed by atoms with E-state index in [2.05, 4.69) is 0 Å². The molecular weight excluding hydrogens is 606 g/mol. The van der Waals surface area contributed by atoms with Gasteiger partial charge in [0.2, 0.25) is 11.8 Å². The minimum Gasteiger partial charge on any atom is -0.446 e. The first-order chi connectivity index (χ1) is 20.2. The Balaban J connectivity index is 1.35. The van der Waals surface area contributed by atoms with E-state index in [9.17, 15) is 27.6 Å². The Bertz CT molecular complexity index is 1160. The van der Waals surface area contributed by atoms with Crippen molar-refractivity contribution in [1.82, 2.24) is 14.7 Å². The molecule has 12 heteroatoms. The highest BCUT2D eigenvalue weighted by Crippen LogP contribution is 2.47. The normalized spacial score (nSPS) is 22.9. The third-order valence-corrected chi connectivity index (χ3v) is 10.1. The molecule has 0 spiro atoms. The van der Waals surface area contributed by atoms with Gasteiger partial charge in [0, 0.05) is 51.1 Å². The number of piperidine rings is 1. The predicted octanol–water partition coefficient (Wildman–Crippen LogP) is 7.15. The molecule has 4 rings (SSSR count). The topological polar surface area (TPSA) is 70.2 Å². The lowest BCUT2D eigenvalue weighted by Gasteiger charge is -2.36. The number of rotatable bonds is 9. The van der Waals surface area contributed by atoms with Gasteiger partial charge in [0.25, 0.3) is 0 Å². The van der Waals surface area contributed by atoms with Crippen LogP contribution in [-0.2, 0) is 14.3 Å². The maximum Gasteiger partial charge on any atom is 0.409 e. The molecule has 1 heterocycles. The highest BCUT2D eigenvalue weighted by atomic mass is 35.5. The number of carbonyl (C=O) groups is 3. The van der Waals surface area contributed by atoms with Crippen LogP contribution >= 0.6 is 23.2 Å². The Hall–Kier alpha value is -2.20. The second-order valence-electron chi connectivity index (χ2n) is 12.8. The van der Waals surface area contributed by atoms with Crippen molar-refractivity contribution in [2.45, 2.75) is 83.4 Å². The Kier molecular flexibility index (Phi) is 10.8. The molecule has 7 nitrogen and oxygen atoms in total. The van der Waals surface area contributed by atoms with Crippen LogP contribution in [-0.4, -0.2) is 84.7 Å². The lowest BCUT2D eigenvalue weighted by molar-refractivity contribution is -0.186. The van der Waals surface area contributed by atoms with Crippen LogP contribution in [0.5, 0.6) is 0 Å². The standard InChI is InChI=1S/C31H42Cl2F3N3O4/c1-20(22-4-9-25(32)26(33)18-22)19-39(27(40)21-10-14-38(15-11-21)28(41)30(2)12-13-30)17-16-37(3)29(42)43-24-7-5-23(6-8-24)31(34,35)36/h4,9,18,20-21,23-24H,5-8,10-17,19H2,1-3H3/t20-,23?,24?/m1/s1. The van der Waals surface area contributed by atoms with Crippen molar-refractivity contribution in [2.24, 2.45) is 17.3 Å². The molecule has 1 saturated heterocycles. The number of amides is 3. The molecule has 1 aliphatic heterocycles. The van der Waals surface area contributed by atoms with E-state index in [1.807, 2.05) is 24.8 Å². The number of halogens is 5. The summed E-state index contributed by atoms with van der Waals surface area (Å²) in [6, 6.07) is 5.39. The molecule has 1 atom stereocenters. The minimum absolute atomic E-state index is 0.0242. The largest absolute Gasteiger partial charge is 0.446 e. The van der Waals surface area contributed by atoms with Crippen LogP contribution in [0, 0.1) is 17.3 Å². The molecular formula is C31H42Cl2F3N3O4. The SMILES string of the molecule is C[C@H](CN(CCN(C)C(=O)OC1CCC(C(F)(F)F)CC1)C(=O)C1CCN(C(=O)C2(C)CC2)CC1)c1ccc(Cl)c(Cl)c1.